The number of ether oxygens (including phenoxy) is 1. The smallest absolute Gasteiger partial charge is 0.326 e. The summed E-state index contributed by atoms with van der Waals surface area (Å²) in [5.41, 5.74) is 11.7. The lowest BCUT2D eigenvalue weighted by atomic mass is 9.98. The molecule has 1 aromatic heterocycles. The summed E-state index contributed by atoms with van der Waals surface area (Å²) in [7, 11) is 1.49. The number of aliphatic carboxylic acids is 1. The van der Waals surface area contributed by atoms with Gasteiger partial charge in [0.25, 0.3) is 11.8 Å². The molecular weight excluding hydrogens is 468 g/mol. The number of guanidine groups is 1. The lowest BCUT2D eigenvalue weighted by Gasteiger charge is -2.22. The highest BCUT2D eigenvalue weighted by atomic mass is 16.5. The molecule has 0 aliphatic carbocycles. The number of aromatic nitrogens is 1. The van der Waals surface area contributed by atoms with Gasteiger partial charge >= 0.3 is 5.97 Å². The zero-order valence-corrected chi connectivity index (χ0v) is 20.9. The Balaban J connectivity index is 2.16. The molecule has 1 aromatic carbocycles. The number of benzene rings is 1. The molecule has 2 rings (SSSR count). The van der Waals surface area contributed by atoms with Crippen LogP contribution in [-0.4, -0.2) is 53.5 Å². The zero-order valence-electron chi connectivity index (χ0n) is 20.9. The molecular formula is C24H34N6O6. The molecule has 2 amide bonds. The van der Waals surface area contributed by atoms with Crippen LogP contribution < -0.4 is 26.8 Å². The summed E-state index contributed by atoms with van der Waals surface area (Å²) < 4.78 is 10.9. The molecule has 36 heavy (non-hydrogen) atoms. The van der Waals surface area contributed by atoms with E-state index in [9.17, 15) is 19.5 Å². The monoisotopic (exact) mass is 502 g/mol. The van der Waals surface area contributed by atoms with Crippen LogP contribution in [-0.2, 0) is 4.79 Å². The maximum atomic E-state index is 13.0. The number of nitrogens with one attached hydrogen (secondary N) is 2. The number of hydrogen-bond acceptors (Lipinski definition) is 7. The summed E-state index contributed by atoms with van der Waals surface area (Å²) >= 11 is 0. The van der Waals surface area contributed by atoms with Crippen molar-refractivity contribution in [2.75, 3.05) is 13.7 Å². The molecule has 0 unspecified atom stereocenters. The summed E-state index contributed by atoms with van der Waals surface area (Å²) in [6.45, 7) is 5.99. The highest BCUT2D eigenvalue weighted by molar-refractivity contribution is 5.97. The van der Waals surface area contributed by atoms with E-state index in [1.807, 2.05) is 20.8 Å². The third kappa shape index (κ3) is 7.72. The zero-order chi connectivity index (χ0) is 26.8. The molecule has 7 N–H and O–H groups in total. The van der Waals surface area contributed by atoms with Crippen LogP contribution >= 0.6 is 0 Å². The first-order chi connectivity index (χ1) is 17.1. The Morgan fingerprint density at radius 3 is 2.56 bits per heavy atom. The molecule has 0 saturated heterocycles. The maximum Gasteiger partial charge on any atom is 0.326 e. The van der Waals surface area contributed by atoms with Crippen molar-refractivity contribution in [1.82, 2.24) is 15.6 Å². The van der Waals surface area contributed by atoms with Crippen molar-refractivity contribution in [3.8, 4) is 5.75 Å². The Labute approximate surface area is 209 Å². The number of carboxylic acid groups (broad SMARTS) is 1. The number of amides is 2. The number of oxazole rings is 1. The number of carbonyl (C=O) groups excluding carboxylic acids is 2. The van der Waals surface area contributed by atoms with Crippen LogP contribution in [0.1, 0.15) is 71.5 Å². The Morgan fingerprint density at radius 1 is 1.22 bits per heavy atom. The standard InChI is InChI=1S/C24H34N6O6/c1-5-14(3)19(30-20(31)15-9-8-13(2)11-18(15)35-4)22-29-17(12-36-22)21(32)28-16(23(33)34)7-6-10-27-24(25)26/h8-9,11-12,14,16,19H,5-7,10H2,1-4H3,(H,28,32)(H,30,31)(H,33,34)(H4,25,26,27)/t14-,16-,19-/m0/s1. The van der Waals surface area contributed by atoms with E-state index in [2.05, 4.69) is 20.6 Å². The quantitative estimate of drug-likeness (QED) is 0.154. The van der Waals surface area contributed by atoms with Gasteiger partial charge in [0.15, 0.2) is 11.7 Å². The molecule has 12 heteroatoms. The first-order valence-electron chi connectivity index (χ1n) is 11.6. The Morgan fingerprint density at radius 2 is 1.94 bits per heavy atom. The number of aryl methyl sites for hydroxylation is 1. The number of carbonyl (C=O) groups is 3. The van der Waals surface area contributed by atoms with Crippen LogP contribution in [0.5, 0.6) is 5.75 Å². The van der Waals surface area contributed by atoms with Crippen molar-refractivity contribution in [3.63, 3.8) is 0 Å². The molecule has 0 aliphatic heterocycles. The van der Waals surface area contributed by atoms with Crippen LogP contribution in [0.4, 0.5) is 0 Å². The van der Waals surface area contributed by atoms with Crippen LogP contribution in [0, 0.1) is 12.8 Å². The second-order valence-electron chi connectivity index (χ2n) is 8.42. The van der Waals surface area contributed by atoms with Crippen LogP contribution in [0.2, 0.25) is 0 Å². The second-order valence-corrected chi connectivity index (χ2v) is 8.42. The van der Waals surface area contributed by atoms with Gasteiger partial charge in [-0.05, 0) is 43.4 Å². The van der Waals surface area contributed by atoms with Crippen molar-refractivity contribution < 1.29 is 28.6 Å². The summed E-state index contributed by atoms with van der Waals surface area (Å²) in [4.78, 5) is 45.3. The number of rotatable bonds is 13. The van der Waals surface area contributed by atoms with Gasteiger partial charge in [0, 0.05) is 6.54 Å². The van der Waals surface area contributed by atoms with Crippen molar-refractivity contribution >= 4 is 23.7 Å². The SMILES string of the molecule is CC[C@H](C)[C@H](NC(=O)c1ccc(C)cc1OC)c1nc(C(=O)N[C@@H](CCCN=C(N)N)C(=O)O)co1. The number of methoxy groups -OCH3 is 1. The molecule has 3 atom stereocenters. The third-order valence-electron chi connectivity index (χ3n) is 5.67. The Bertz CT molecular complexity index is 1090. The van der Waals surface area contributed by atoms with Crippen LogP contribution in [0.3, 0.4) is 0 Å². The minimum Gasteiger partial charge on any atom is -0.496 e. The van der Waals surface area contributed by atoms with Gasteiger partial charge in [-0.1, -0.05) is 26.3 Å². The molecule has 0 radical (unpaired) electrons. The fourth-order valence-corrected chi connectivity index (χ4v) is 3.42. The predicted octanol–water partition coefficient (Wildman–Crippen LogP) is 1.75. The van der Waals surface area contributed by atoms with Gasteiger partial charge in [-0.2, -0.15) is 0 Å². The van der Waals surface area contributed by atoms with E-state index < -0.39 is 24.0 Å². The first-order valence-corrected chi connectivity index (χ1v) is 11.6. The normalized spacial score (nSPS) is 13.2. The lowest BCUT2D eigenvalue weighted by molar-refractivity contribution is -0.139. The van der Waals surface area contributed by atoms with E-state index >= 15 is 0 Å². The van der Waals surface area contributed by atoms with Gasteiger partial charge in [-0.25, -0.2) is 9.78 Å². The summed E-state index contributed by atoms with van der Waals surface area (Å²) in [5.74, 6) is -1.90. The number of nitrogens with zero attached hydrogens (tertiary/aromatic N) is 2. The van der Waals surface area contributed by atoms with Crippen LogP contribution in [0.15, 0.2) is 33.9 Å². The highest BCUT2D eigenvalue weighted by Crippen LogP contribution is 2.26. The molecule has 0 bridgehead atoms. The summed E-state index contributed by atoms with van der Waals surface area (Å²) in [6.07, 6.45) is 2.30. The number of hydrogen-bond donors (Lipinski definition) is 5. The van der Waals surface area contributed by atoms with Crippen molar-refractivity contribution in [2.24, 2.45) is 22.4 Å². The molecule has 12 nitrogen and oxygen atoms in total. The van der Waals surface area contributed by atoms with Crippen molar-refractivity contribution in [1.29, 1.82) is 0 Å². The maximum absolute atomic E-state index is 13.0. The first kappa shape index (κ1) is 28.1. The largest absolute Gasteiger partial charge is 0.496 e. The average molecular weight is 503 g/mol. The topological polar surface area (TPSA) is 195 Å². The second kappa shape index (κ2) is 13.1. The summed E-state index contributed by atoms with van der Waals surface area (Å²) in [6, 6.07) is 3.44. The van der Waals surface area contributed by atoms with E-state index in [4.69, 9.17) is 20.6 Å². The molecule has 0 saturated carbocycles. The predicted molar refractivity (Wildman–Crippen MR) is 133 cm³/mol. The van der Waals surface area contributed by atoms with Crippen LogP contribution in [0.25, 0.3) is 0 Å². The van der Waals surface area contributed by atoms with Gasteiger partial charge in [0.05, 0.1) is 12.7 Å². The van der Waals surface area contributed by atoms with Gasteiger partial charge in [-0.15, -0.1) is 0 Å². The minimum atomic E-state index is -1.20. The average Bonchev–Trinajstić information content (AvgIpc) is 3.33. The minimum absolute atomic E-state index is 0.0812. The van der Waals surface area contributed by atoms with E-state index in [-0.39, 0.29) is 42.3 Å². The lowest BCUT2D eigenvalue weighted by Crippen LogP contribution is -2.41. The Kier molecular flexibility index (Phi) is 10.3. The molecule has 0 spiro atoms. The van der Waals surface area contributed by atoms with Gasteiger partial charge in [0.2, 0.25) is 5.89 Å². The third-order valence-corrected chi connectivity index (χ3v) is 5.67. The van der Waals surface area contributed by atoms with E-state index in [0.717, 1.165) is 11.8 Å². The molecule has 0 aliphatic rings. The van der Waals surface area contributed by atoms with Gasteiger partial charge < -0.3 is 36.4 Å². The molecule has 196 valence electrons. The van der Waals surface area contributed by atoms with Crippen molar-refractivity contribution in [3.05, 3.63) is 47.2 Å². The number of carboxylic acids is 1. The molecule has 1 heterocycles. The molecule has 2 aromatic rings. The van der Waals surface area contributed by atoms with E-state index in [0.29, 0.717) is 24.2 Å². The number of nitrogens with two attached hydrogens (primary N) is 2. The fraction of sp³-hybridized carbons (Fsp3) is 0.458. The summed E-state index contributed by atoms with van der Waals surface area (Å²) in [5, 5.41) is 14.8. The van der Waals surface area contributed by atoms with Gasteiger partial charge in [-0.3, -0.25) is 14.6 Å². The fourth-order valence-electron chi connectivity index (χ4n) is 3.42. The molecule has 0 fully saturated rings. The van der Waals surface area contributed by atoms with E-state index in [1.165, 1.54) is 7.11 Å². The Hall–Kier alpha value is -4.09. The van der Waals surface area contributed by atoms with E-state index in [1.54, 1.807) is 18.2 Å². The van der Waals surface area contributed by atoms with Crippen molar-refractivity contribution in [2.45, 2.75) is 52.1 Å². The highest BCUT2D eigenvalue weighted by Gasteiger charge is 2.29. The number of aliphatic imine (C=N–C) groups is 1. The van der Waals surface area contributed by atoms with Gasteiger partial charge in [0.1, 0.15) is 24.1 Å².